The number of nitrogens with zero attached hydrogens (tertiary/aromatic N) is 2. The van der Waals surface area contributed by atoms with E-state index in [1.165, 1.54) is 11.3 Å². The van der Waals surface area contributed by atoms with Crippen LogP contribution in [0.2, 0.25) is 5.15 Å². The third-order valence-electron chi connectivity index (χ3n) is 2.78. The van der Waals surface area contributed by atoms with Crippen molar-refractivity contribution >= 4 is 22.9 Å². The molecule has 18 heavy (non-hydrogen) atoms. The normalized spacial score (nSPS) is 13.9. The molecule has 0 bridgehead atoms. The standard InChI is InChI=1S/C10H7ClFN3O2S/c11-7-6(12)8(16)15(9(17)14-7)10-13-4-2-1-3-5(4)18-10/h1-3H2,(H,14,17). The third-order valence-corrected chi connectivity index (χ3v) is 4.18. The molecule has 0 unspecified atom stereocenters. The van der Waals surface area contributed by atoms with Crippen LogP contribution in [-0.2, 0) is 12.8 Å². The minimum Gasteiger partial charge on any atom is -0.295 e. The maximum absolute atomic E-state index is 13.4. The van der Waals surface area contributed by atoms with Gasteiger partial charge in [-0.05, 0) is 19.3 Å². The van der Waals surface area contributed by atoms with Crippen LogP contribution in [0, 0.1) is 5.82 Å². The minimum absolute atomic E-state index is 0.196. The van der Waals surface area contributed by atoms with Crippen LogP contribution >= 0.6 is 22.9 Å². The lowest BCUT2D eigenvalue weighted by molar-refractivity contribution is 0.584. The number of H-pyrrole nitrogens is 1. The van der Waals surface area contributed by atoms with E-state index in [0.717, 1.165) is 29.8 Å². The summed E-state index contributed by atoms with van der Waals surface area (Å²) in [4.78, 5) is 30.7. The number of fused-ring (bicyclic) bond motifs is 1. The first-order valence-electron chi connectivity index (χ1n) is 5.27. The average molecular weight is 288 g/mol. The number of aromatic nitrogens is 3. The number of aromatic amines is 1. The highest BCUT2D eigenvalue weighted by Gasteiger charge is 2.21. The van der Waals surface area contributed by atoms with Crippen molar-refractivity contribution in [1.29, 1.82) is 0 Å². The Morgan fingerprint density at radius 1 is 1.39 bits per heavy atom. The van der Waals surface area contributed by atoms with E-state index in [1.807, 2.05) is 0 Å². The first-order valence-corrected chi connectivity index (χ1v) is 6.46. The Balaban J connectivity index is 2.26. The van der Waals surface area contributed by atoms with Crippen molar-refractivity contribution in [2.24, 2.45) is 0 Å². The average Bonchev–Trinajstić information content (AvgIpc) is 2.86. The highest BCUT2D eigenvalue weighted by atomic mass is 35.5. The summed E-state index contributed by atoms with van der Waals surface area (Å²) in [6.07, 6.45) is 2.74. The van der Waals surface area contributed by atoms with Crippen molar-refractivity contribution in [3.8, 4) is 5.13 Å². The third kappa shape index (κ3) is 1.62. The van der Waals surface area contributed by atoms with Gasteiger partial charge in [-0.3, -0.25) is 9.78 Å². The van der Waals surface area contributed by atoms with Gasteiger partial charge in [-0.1, -0.05) is 11.6 Å². The molecular weight excluding hydrogens is 281 g/mol. The van der Waals surface area contributed by atoms with E-state index in [1.54, 1.807) is 0 Å². The van der Waals surface area contributed by atoms with Crippen LogP contribution in [0.3, 0.4) is 0 Å². The maximum Gasteiger partial charge on any atom is 0.336 e. The monoisotopic (exact) mass is 287 g/mol. The second kappa shape index (κ2) is 4.03. The molecule has 1 aliphatic rings. The summed E-state index contributed by atoms with van der Waals surface area (Å²) in [5, 5.41) is -0.383. The molecule has 2 aromatic rings. The van der Waals surface area contributed by atoms with E-state index >= 15 is 0 Å². The molecule has 0 saturated carbocycles. The second-order valence-corrected chi connectivity index (χ2v) is 5.36. The molecule has 0 atom stereocenters. The topological polar surface area (TPSA) is 67.8 Å². The van der Waals surface area contributed by atoms with E-state index in [9.17, 15) is 14.0 Å². The second-order valence-electron chi connectivity index (χ2n) is 3.92. The summed E-state index contributed by atoms with van der Waals surface area (Å²) in [5.41, 5.74) is -0.966. The molecule has 1 N–H and O–H groups in total. The van der Waals surface area contributed by atoms with Gasteiger partial charge in [0.2, 0.25) is 10.9 Å². The number of hydrogen-bond donors (Lipinski definition) is 1. The fourth-order valence-corrected chi connectivity index (χ4v) is 3.24. The lowest BCUT2D eigenvalue weighted by atomic mass is 10.4. The van der Waals surface area contributed by atoms with Gasteiger partial charge in [-0.15, -0.1) is 11.3 Å². The minimum atomic E-state index is -1.17. The van der Waals surface area contributed by atoms with E-state index in [4.69, 9.17) is 11.6 Å². The Morgan fingerprint density at radius 3 is 2.89 bits per heavy atom. The number of thiazole rings is 1. The van der Waals surface area contributed by atoms with Gasteiger partial charge in [0.1, 0.15) is 0 Å². The Labute approximate surface area is 109 Å². The van der Waals surface area contributed by atoms with Crippen molar-refractivity contribution in [1.82, 2.24) is 14.5 Å². The van der Waals surface area contributed by atoms with Gasteiger partial charge in [-0.2, -0.15) is 8.96 Å². The van der Waals surface area contributed by atoms with Crippen molar-refractivity contribution in [3.63, 3.8) is 0 Å². The molecule has 2 heterocycles. The number of aryl methyl sites for hydroxylation is 2. The molecule has 8 heteroatoms. The van der Waals surface area contributed by atoms with Crippen LogP contribution in [0.1, 0.15) is 17.0 Å². The van der Waals surface area contributed by atoms with Crippen molar-refractivity contribution in [3.05, 3.63) is 42.4 Å². The summed E-state index contributed by atoms with van der Waals surface area (Å²) in [6, 6.07) is 0. The SMILES string of the molecule is O=c1[nH]c(Cl)c(F)c(=O)n1-c1nc2c(s1)CCC2. The molecule has 0 fully saturated rings. The molecule has 0 saturated heterocycles. The lowest BCUT2D eigenvalue weighted by Gasteiger charge is -2.00. The molecule has 5 nitrogen and oxygen atoms in total. The molecule has 2 aromatic heterocycles. The van der Waals surface area contributed by atoms with Gasteiger partial charge in [0.05, 0.1) is 5.69 Å². The molecule has 1 aliphatic carbocycles. The van der Waals surface area contributed by atoms with Crippen molar-refractivity contribution in [2.75, 3.05) is 0 Å². The van der Waals surface area contributed by atoms with Crippen LogP contribution in [0.5, 0.6) is 0 Å². The van der Waals surface area contributed by atoms with Gasteiger partial charge in [0, 0.05) is 4.88 Å². The van der Waals surface area contributed by atoms with Crippen LogP contribution in [-0.4, -0.2) is 14.5 Å². The van der Waals surface area contributed by atoms with Gasteiger partial charge >= 0.3 is 5.69 Å². The fourth-order valence-electron chi connectivity index (χ4n) is 1.94. The van der Waals surface area contributed by atoms with Crippen LogP contribution in [0.4, 0.5) is 4.39 Å². The van der Waals surface area contributed by atoms with Gasteiger partial charge < -0.3 is 0 Å². The first kappa shape index (κ1) is 11.6. The number of rotatable bonds is 1. The lowest BCUT2D eigenvalue weighted by Crippen LogP contribution is -2.35. The van der Waals surface area contributed by atoms with Gasteiger partial charge in [0.15, 0.2) is 5.15 Å². The Bertz CT molecular complexity index is 727. The van der Waals surface area contributed by atoms with E-state index in [2.05, 4.69) is 9.97 Å². The molecular formula is C10H7ClFN3O2S. The predicted molar refractivity (Wildman–Crippen MR) is 65.3 cm³/mol. The van der Waals surface area contributed by atoms with Crippen LogP contribution in [0.15, 0.2) is 9.59 Å². The largest absolute Gasteiger partial charge is 0.336 e. The molecule has 94 valence electrons. The molecule has 3 rings (SSSR count). The number of hydrogen-bond acceptors (Lipinski definition) is 4. The zero-order valence-electron chi connectivity index (χ0n) is 9.00. The summed E-state index contributed by atoms with van der Waals surface area (Å²) >= 11 is 6.63. The maximum atomic E-state index is 13.4. The summed E-state index contributed by atoms with van der Waals surface area (Å²) in [5.74, 6) is -1.17. The molecule has 0 spiro atoms. The van der Waals surface area contributed by atoms with E-state index in [-0.39, 0.29) is 5.13 Å². The van der Waals surface area contributed by atoms with E-state index < -0.39 is 22.2 Å². The summed E-state index contributed by atoms with van der Waals surface area (Å²) < 4.78 is 14.1. The Kier molecular flexibility index (Phi) is 2.60. The zero-order valence-corrected chi connectivity index (χ0v) is 10.6. The van der Waals surface area contributed by atoms with Crippen molar-refractivity contribution in [2.45, 2.75) is 19.3 Å². The number of nitrogens with one attached hydrogen (secondary N) is 1. The quantitative estimate of drug-likeness (QED) is 0.803. The van der Waals surface area contributed by atoms with Crippen LogP contribution < -0.4 is 11.2 Å². The molecule has 0 aliphatic heterocycles. The van der Waals surface area contributed by atoms with Crippen molar-refractivity contribution < 1.29 is 4.39 Å². The molecule has 0 amide bonds. The molecule has 0 radical (unpaired) electrons. The summed E-state index contributed by atoms with van der Waals surface area (Å²) in [7, 11) is 0. The fraction of sp³-hybridized carbons (Fsp3) is 0.300. The Morgan fingerprint density at radius 2 is 2.17 bits per heavy atom. The number of halogens is 2. The smallest absolute Gasteiger partial charge is 0.295 e. The van der Waals surface area contributed by atoms with Crippen LogP contribution in [0.25, 0.3) is 5.13 Å². The van der Waals surface area contributed by atoms with Gasteiger partial charge in [-0.25, -0.2) is 9.78 Å². The molecule has 0 aromatic carbocycles. The highest BCUT2D eigenvalue weighted by Crippen LogP contribution is 2.28. The summed E-state index contributed by atoms with van der Waals surface area (Å²) in [6.45, 7) is 0. The zero-order chi connectivity index (χ0) is 12.9. The van der Waals surface area contributed by atoms with E-state index in [0.29, 0.717) is 4.57 Å². The highest BCUT2D eigenvalue weighted by molar-refractivity contribution is 7.14. The predicted octanol–water partition coefficient (Wildman–Crippen LogP) is 1.26. The first-order chi connectivity index (χ1) is 8.58. The van der Waals surface area contributed by atoms with Gasteiger partial charge in [0.25, 0.3) is 5.56 Å². The Hall–Kier alpha value is -1.47.